The van der Waals surface area contributed by atoms with Gasteiger partial charge in [-0.1, -0.05) is 0 Å². The molecule has 1 aromatic rings. The summed E-state index contributed by atoms with van der Waals surface area (Å²) < 4.78 is 5.13. The molecule has 0 saturated carbocycles. The number of furan rings is 1. The lowest BCUT2D eigenvalue weighted by molar-refractivity contribution is -0.124. The van der Waals surface area contributed by atoms with Crippen LogP contribution in [0.15, 0.2) is 22.8 Å². The molecule has 2 rings (SSSR count). The number of carbonyl (C=O) groups excluding carboxylic acids is 1. The topological polar surface area (TPSA) is 42.2 Å². The van der Waals surface area contributed by atoms with Crippen molar-refractivity contribution in [3.05, 3.63) is 24.2 Å². The molecule has 76 valence electrons. The smallest absolute Gasteiger partial charge is 0.224 e. The van der Waals surface area contributed by atoms with Gasteiger partial charge in [0.25, 0.3) is 0 Å². The van der Waals surface area contributed by atoms with Crippen LogP contribution < -0.4 is 5.32 Å². The van der Waals surface area contributed by atoms with Crippen LogP contribution in [-0.4, -0.2) is 17.4 Å². The van der Waals surface area contributed by atoms with E-state index in [1.54, 1.807) is 6.26 Å². The molecule has 1 unspecified atom stereocenters. The Hall–Kier alpha value is -0.900. The SMILES string of the molecule is O=C(NCc1ccco1)C1CCSC1. The fourth-order valence-electron chi connectivity index (χ4n) is 1.47. The molecular formula is C10H13NO2S. The number of thioether (sulfide) groups is 1. The second-order valence-electron chi connectivity index (χ2n) is 3.36. The molecule has 0 bridgehead atoms. The third kappa shape index (κ3) is 2.32. The summed E-state index contributed by atoms with van der Waals surface area (Å²) in [5.74, 6) is 3.24. The van der Waals surface area contributed by atoms with Gasteiger partial charge in [0.2, 0.25) is 5.91 Å². The quantitative estimate of drug-likeness (QED) is 0.826. The van der Waals surface area contributed by atoms with E-state index in [1.807, 2.05) is 23.9 Å². The Morgan fingerprint density at radius 2 is 2.64 bits per heavy atom. The Labute approximate surface area is 87.2 Å². The number of rotatable bonds is 3. The zero-order valence-corrected chi connectivity index (χ0v) is 8.68. The van der Waals surface area contributed by atoms with E-state index >= 15 is 0 Å². The van der Waals surface area contributed by atoms with E-state index in [4.69, 9.17) is 4.42 Å². The predicted molar refractivity (Wildman–Crippen MR) is 56.0 cm³/mol. The molecule has 0 aliphatic carbocycles. The van der Waals surface area contributed by atoms with Crippen molar-refractivity contribution in [2.24, 2.45) is 5.92 Å². The molecule has 0 aromatic carbocycles. The molecule has 0 radical (unpaired) electrons. The third-order valence-corrected chi connectivity index (χ3v) is 3.48. The third-order valence-electron chi connectivity index (χ3n) is 2.32. The zero-order chi connectivity index (χ0) is 9.80. The maximum absolute atomic E-state index is 11.6. The summed E-state index contributed by atoms with van der Waals surface area (Å²) in [6, 6.07) is 3.69. The summed E-state index contributed by atoms with van der Waals surface area (Å²) in [6.07, 6.45) is 2.63. The van der Waals surface area contributed by atoms with Crippen molar-refractivity contribution in [1.82, 2.24) is 5.32 Å². The van der Waals surface area contributed by atoms with Crippen molar-refractivity contribution in [2.45, 2.75) is 13.0 Å². The summed E-state index contributed by atoms with van der Waals surface area (Å²) in [5.41, 5.74) is 0. The van der Waals surface area contributed by atoms with Crippen LogP contribution in [0.25, 0.3) is 0 Å². The van der Waals surface area contributed by atoms with E-state index < -0.39 is 0 Å². The highest BCUT2D eigenvalue weighted by atomic mass is 32.2. The van der Waals surface area contributed by atoms with E-state index in [0.29, 0.717) is 6.54 Å². The zero-order valence-electron chi connectivity index (χ0n) is 7.86. The molecule has 1 atom stereocenters. The van der Waals surface area contributed by atoms with Crippen LogP contribution in [0.5, 0.6) is 0 Å². The summed E-state index contributed by atoms with van der Waals surface area (Å²) in [7, 11) is 0. The van der Waals surface area contributed by atoms with E-state index in [9.17, 15) is 4.79 Å². The Balaban J connectivity index is 1.77. The fourth-order valence-corrected chi connectivity index (χ4v) is 2.69. The molecule has 2 heterocycles. The van der Waals surface area contributed by atoms with Gasteiger partial charge in [-0.05, 0) is 24.3 Å². The Morgan fingerprint density at radius 1 is 1.71 bits per heavy atom. The first kappa shape index (κ1) is 9.65. The van der Waals surface area contributed by atoms with E-state index in [0.717, 1.165) is 23.7 Å². The minimum absolute atomic E-state index is 0.159. The highest BCUT2D eigenvalue weighted by molar-refractivity contribution is 7.99. The van der Waals surface area contributed by atoms with Gasteiger partial charge in [-0.2, -0.15) is 11.8 Å². The van der Waals surface area contributed by atoms with Crippen molar-refractivity contribution < 1.29 is 9.21 Å². The molecule has 1 amide bonds. The second-order valence-corrected chi connectivity index (χ2v) is 4.51. The monoisotopic (exact) mass is 211 g/mol. The molecule has 1 saturated heterocycles. The summed E-state index contributed by atoms with van der Waals surface area (Å²) in [5, 5.41) is 2.88. The van der Waals surface area contributed by atoms with E-state index in [2.05, 4.69) is 5.32 Å². The van der Waals surface area contributed by atoms with Gasteiger partial charge in [0.1, 0.15) is 5.76 Å². The Bertz CT molecular complexity index is 291. The van der Waals surface area contributed by atoms with Crippen LogP contribution in [0.3, 0.4) is 0 Å². The minimum Gasteiger partial charge on any atom is -0.467 e. The van der Waals surface area contributed by atoms with E-state index in [-0.39, 0.29) is 11.8 Å². The van der Waals surface area contributed by atoms with Gasteiger partial charge in [-0.15, -0.1) is 0 Å². The first-order valence-corrected chi connectivity index (χ1v) is 5.89. The lowest BCUT2D eigenvalue weighted by Gasteiger charge is -2.07. The molecule has 1 aliphatic rings. The highest BCUT2D eigenvalue weighted by Gasteiger charge is 2.22. The van der Waals surface area contributed by atoms with Gasteiger partial charge >= 0.3 is 0 Å². The summed E-state index contributed by atoms with van der Waals surface area (Å²) in [6.45, 7) is 0.507. The predicted octanol–water partition coefficient (Wildman–Crippen LogP) is 1.65. The lowest BCUT2D eigenvalue weighted by atomic mass is 10.1. The molecular weight excluding hydrogens is 198 g/mol. The standard InChI is InChI=1S/C10H13NO2S/c12-10(8-3-5-14-7-8)11-6-9-2-1-4-13-9/h1-2,4,8H,3,5-7H2,(H,11,12). The van der Waals surface area contributed by atoms with Crippen LogP contribution in [0, 0.1) is 5.92 Å². The van der Waals surface area contributed by atoms with Crippen LogP contribution in [0.4, 0.5) is 0 Å². The molecule has 1 fully saturated rings. The van der Waals surface area contributed by atoms with Crippen LogP contribution in [0.2, 0.25) is 0 Å². The van der Waals surface area contributed by atoms with Gasteiger partial charge in [-0.3, -0.25) is 4.79 Å². The fraction of sp³-hybridized carbons (Fsp3) is 0.500. The number of hydrogen-bond acceptors (Lipinski definition) is 3. The normalized spacial score (nSPS) is 21.0. The highest BCUT2D eigenvalue weighted by Crippen LogP contribution is 2.23. The van der Waals surface area contributed by atoms with Crippen molar-refractivity contribution in [3.8, 4) is 0 Å². The van der Waals surface area contributed by atoms with Gasteiger partial charge in [0.05, 0.1) is 12.8 Å². The van der Waals surface area contributed by atoms with E-state index in [1.165, 1.54) is 0 Å². The van der Waals surface area contributed by atoms with Gasteiger partial charge in [0, 0.05) is 11.7 Å². The number of hydrogen-bond donors (Lipinski definition) is 1. The largest absolute Gasteiger partial charge is 0.467 e. The molecule has 4 heteroatoms. The molecule has 14 heavy (non-hydrogen) atoms. The first-order chi connectivity index (χ1) is 6.86. The maximum Gasteiger partial charge on any atom is 0.224 e. The van der Waals surface area contributed by atoms with Crippen LogP contribution in [0.1, 0.15) is 12.2 Å². The first-order valence-electron chi connectivity index (χ1n) is 4.74. The Kier molecular flexibility index (Phi) is 3.14. The average Bonchev–Trinajstić information content (AvgIpc) is 2.87. The van der Waals surface area contributed by atoms with Gasteiger partial charge in [0.15, 0.2) is 0 Å². The summed E-state index contributed by atoms with van der Waals surface area (Å²) >= 11 is 1.85. The van der Waals surface area contributed by atoms with Crippen molar-refractivity contribution in [3.63, 3.8) is 0 Å². The number of nitrogens with one attached hydrogen (secondary N) is 1. The van der Waals surface area contributed by atoms with Gasteiger partial charge < -0.3 is 9.73 Å². The average molecular weight is 211 g/mol. The lowest BCUT2D eigenvalue weighted by Crippen LogP contribution is -2.29. The van der Waals surface area contributed by atoms with Crippen molar-refractivity contribution in [2.75, 3.05) is 11.5 Å². The molecule has 1 aromatic heterocycles. The van der Waals surface area contributed by atoms with Crippen molar-refractivity contribution in [1.29, 1.82) is 0 Å². The molecule has 0 spiro atoms. The summed E-state index contributed by atoms with van der Waals surface area (Å²) in [4.78, 5) is 11.6. The van der Waals surface area contributed by atoms with Crippen molar-refractivity contribution >= 4 is 17.7 Å². The van der Waals surface area contributed by atoms with Gasteiger partial charge in [-0.25, -0.2) is 0 Å². The second kappa shape index (κ2) is 4.55. The Morgan fingerprint density at radius 3 is 3.29 bits per heavy atom. The molecule has 3 nitrogen and oxygen atoms in total. The molecule has 1 aliphatic heterocycles. The number of carbonyl (C=O) groups is 1. The minimum atomic E-state index is 0.159. The van der Waals surface area contributed by atoms with Crippen LogP contribution >= 0.6 is 11.8 Å². The molecule has 1 N–H and O–H groups in total. The maximum atomic E-state index is 11.6. The van der Waals surface area contributed by atoms with Crippen LogP contribution in [-0.2, 0) is 11.3 Å². The number of amides is 1.